The van der Waals surface area contributed by atoms with Gasteiger partial charge in [-0.2, -0.15) is 0 Å². The molecule has 3 unspecified atom stereocenters. The van der Waals surface area contributed by atoms with Crippen LogP contribution >= 0.6 is 0 Å². The van der Waals surface area contributed by atoms with E-state index in [1.807, 2.05) is 30.3 Å². The lowest BCUT2D eigenvalue weighted by Gasteiger charge is -2.34. The maximum absolute atomic E-state index is 11.6. The molecule has 0 spiro atoms. The Morgan fingerprint density at radius 3 is 2.71 bits per heavy atom. The Labute approximate surface area is 125 Å². The first-order valence-corrected chi connectivity index (χ1v) is 7.77. The zero-order chi connectivity index (χ0) is 15.0. The summed E-state index contributed by atoms with van der Waals surface area (Å²) in [6.45, 7) is 4.45. The summed E-state index contributed by atoms with van der Waals surface area (Å²) in [5.74, 6) is 0.999. The zero-order valence-corrected chi connectivity index (χ0v) is 12.6. The van der Waals surface area contributed by atoms with Crippen molar-refractivity contribution in [1.29, 1.82) is 0 Å². The molecule has 0 radical (unpaired) electrons. The summed E-state index contributed by atoms with van der Waals surface area (Å²) in [4.78, 5) is 11.6. The van der Waals surface area contributed by atoms with Gasteiger partial charge in [0.2, 0.25) is 0 Å². The molecule has 1 aliphatic rings. The number of rotatable bonds is 3. The zero-order valence-electron chi connectivity index (χ0n) is 12.6. The lowest BCUT2D eigenvalue weighted by atomic mass is 9.70. The highest BCUT2D eigenvalue weighted by Crippen LogP contribution is 2.44. The SMILES string of the molecule is CC(C)C1CCC(C(=O)O)C(c2cc3ccccc3o2)C1. The number of hydrogen-bond acceptors (Lipinski definition) is 2. The molecule has 0 bridgehead atoms. The lowest BCUT2D eigenvalue weighted by Crippen LogP contribution is -2.30. The van der Waals surface area contributed by atoms with Gasteiger partial charge in [-0.15, -0.1) is 0 Å². The van der Waals surface area contributed by atoms with E-state index in [9.17, 15) is 9.90 Å². The highest BCUT2D eigenvalue weighted by Gasteiger charge is 2.38. The predicted molar refractivity (Wildman–Crippen MR) is 82.3 cm³/mol. The van der Waals surface area contributed by atoms with E-state index in [4.69, 9.17) is 4.42 Å². The molecule has 1 aromatic carbocycles. The smallest absolute Gasteiger partial charge is 0.307 e. The Kier molecular flexibility index (Phi) is 3.75. The minimum Gasteiger partial charge on any atom is -0.481 e. The molecule has 1 fully saturated rings. The standard InChI is InChI=1S/C18H22O3/c1-11(2)12-7-8-14(18(19)20)15(9-12)17-10-13-5-3-4-6-16(13)21-17/h3-6,10-12,14-15H,7-9H2,1-2H3,(H,19,20). The molecule has 0 saturated heterocycles. The van der Waals surface area contributed by atoms with Crippen molar-refractivity contribution in [3.8, 4) is 0 Å². The minimum absolute atomic E-state index is 0.00366. The quantitative estimate of drug-likeness (QED) is 0.891. The third-order valence-corrected chi connectivity index (χ3v) is 4.96. The second-order valence-corrected chi connectivity index (χ2v) is 6.55. The molecule has 1 aliphatic carbocycles. The summed E-state index contributed by atoms with van der Waals surface area (Å²) in [6, 6.07) is 9.91. The van der Waals surface area contributed by atoms with Crippen molar-refractivity contribution in [1.82, 2.24) is 0 Å². The van der Waals surface area contributed by atoms with Crippen LogP contribution in [-0.4, -0.2) is 11.1 Å². The van der Waals surface area contributed by atoms with Crippen molar-refractivity contribution in [2.75, 3.05) is 0 Å². The summed E-state index contributed by atoms with van der Waals surface area (Å²) >= 11 is 0. The fourth-order valence-corrected chi connectivity index (χ4v) is 3.60. The van der Waals surface area contributed by atoms with E-state index in [-0.39, 0.29) is 11.8 Å². The van der Waals surface area contributed by atoms with Crippen molar-refractivity contribution in [3.05, 3.63) is 36.1 Å². The molecule has 112 valence electrons. The van der Waals surface area contributed by atoms with Gasteiger partial charge in [0.25, 0.3) is 0 Å². The first kappa shape index (κ1) is 14.2. The summed E-state index contributed by atoms with van der Waals surface area (Å²) in [7, 11) is 0. The molecule has 1 heterocycles. The summed E-state index contributed by atoms with van der Waals surface area (Å²) in [5, 5.41) is 10.6. The fraction of sp³-hybridized carbons (Fsp3) is 0.500. The number of benzene rings is 1. The third-order valence-electron chi connectivity index (χ3n) is 4.96. The van der Waals surface area contributed by atoms with Crippen LogP contribution in [0.5, 0.6) is 0 Å². The number of fused-ring (bicyclic) bond motifs is 1. The van der Waals surface area contributed by atoms with Crippen LogP contribution in [0.2, 0.25) is 0 Å². The first-order chi connectivity index (χ1) is 10.1. The van der Waals surface area contributed by atoms with Gasteiger partial charge in [0, 0.05) is 11.3 Å². The second kappa shape index (κ2) is 5.55. The van der Waals surface area contributed by atoms with Crippen molar-refractivity contribution in [2.24, 2.45) is 17.8 Å². The van der Waals surface area contributed by atoms with E-state index < -0.39 is 5.97 Å². The Balaban J connectivity index is 1.95. The molecule has 1 N–H and O–H groups in total. The largest absolute Gasteiger partial charge is 0.481 e. The van der Waals surface area contributed by atoms with Gasteiger partial charge in [-0.05, 0) is 43.2 Å². The monoisotopic (exact) mass is 286 g/mol. The topological polar surface area (TPSA) is 50.4 Å². The normalized spacial score (nSPS) is 26.3. The number of hydrogen-bond donors (Lipinski definition) is 1. The molecule has 21 heavy (non-hydrogen) atoms. The van der Waals surface area contributed by atoms with E-state index in [1.54, 1.807) is 0 Å². The number of furan rings is 1. The number of carboxylic acid groups (broad SMARTS) is 1. The van der Waals surface area contributed by atoms with E-state index in [2.05, 4.69) is 13.8 Å². The Morgan fingerprint density at radius 2 is 2.05 bits per heavy atom. The van der Waals surface area contributed by atoms with Crippen LogP contribution in [0, 0.1) is 17.8 Å². The van der Waals surface area contributed by atoms with Gasteiger partial charge in [0.05, 0.1) is 5.92 Å². The predicted octanol–water partition coefficient (Wildman–Crippen LogP) is 4.67. The van der Waals surface area contributed by atoms with Crippen LogP contribution in [0.15, 0.2) is 34.7 Å². The molecule has 1 aromatic heterocycles. The Hall–Kier alpha value is -1.77. The highest BCUT2D eigenvalue weighted by atomic mass is 16.4. The minimum atomic E-state index is -0.692. The molecule has 3 rings (SSSR count). The third kappa shape index (κ3) is 2.69. The molecule has 2 aromatic rings. The summed E-state index contributed by atoms with van der Waals surface area (Å²) in [6.07, 6.45) is 2.67. The Bertz CT molecular complexity index is 608. The summed E-state index contributed by atoms with van der Waals surface area (Å²) < 4.78 is 5.95. The van der Waals surface area contributed by atoms with Gasteiger partial charge < -0.3 is 9.52 Å². The summed E-state index contributed by atoms with van der Waals surface area (Å²) in [5.41, 5.74) is 0.850. The van der Waals surface area contributed by atoms with Gasteiger partial charge in [0.1, 0.15) is 11.3 Å². The van der Waals surface area contributed by atoms with Crippen molar-refractivity contribution in [3.63, 3.8) is 0 Å². The molecule has 0 aliphatic heterocycles. The number of para-hydroxylation sites is 1. The van der Waals surface area contributed by atoms with Gasteiger partial charge >= 0.3 is 5.97 Å². The molecule has 1 saturated carbocycles. The molecule has 3 nitrogen and oxygen atoms in total. The van der Waals surface area contributed by atoms with E-state index in [1.165, 1.54) is 0 Å². The van der Waals surface area contributed by atoms with E-state index in [0.717, 1.165) is 36.0 Å². The fourth-order valence-electron chi connectivity index (χ4n) is 3.60. The van der Waals surface area contributed by atoms with Crippen LogP contribution in [0.3, 0.4) is 0 Å². The van der Waals surface area contributed by atoms with Gasteiger partial charge in [-0.1, -0.05) is 32.0 Å². The van der Waals surface area contributed by atoms with Crippen LogP contribution in [0.4, 0.5) is 0 Å². The van der Waals surface area contributed by atoms with Gasteiger partial charge in [-0.3, -0.25) is 4.79 Å². The molecular weight excluding hydrogens is 264 g/mol. The lowest BCUT2D eigenvalue weighted by molar-refractivity contribution is -0.144. The van der Waals surface area contributed by atoms with Gasteiger partial charge in [0.15, 0.2) is 0 Å². The van der Waals surface area contributed by atoms with Crippen molar-refractivity contribution >= 4 is 16.9 Å². The van der Waals surface area contributed by atoms with Gasteiger partial charge in [-0.25, -0.2) is 0 Å². The molecule has 3 heteroatoms. The van der Waals surface area contributed by atoms with E-state index in [0.29, 0.717) is 11.8 Å². The van der Waals surface area contributed by atoms with Crippen molar-refractivity contribution in [2.45, 2.75) is 39.0 Å². The average Bonchev–Trinajstić information content (AvgIpc) is 2.90. The number of aliphatic carboxylic acids is 1. The van der Waals surface area contributed by atoms with Crippen molar-refractivity contribution < 1.29 is 14.3 Å². The molecule has 3 atom stereocenters. The van der Waals surface area contributed by atoms with Crippen LogP contribution in [0.1, 0.15) is 44.8 Å². The Morgan fingerprint density at radius 1 is 1.29 bits per heavy atom. The van der Waals surface area contributed by atoms with Crippen LogP contribution in [0.25, 0.3) is 11.0 Å². The van der Waals surface area contributed by atoms with Crippen LogP contribution in [-0.2, 0) is 4.79 Å². The maximum atomic E-state index is 11.6. The second-order valence-electron chi connectivity index (χ2n) is 6.55. The number of carboxylic acids is 1. The van der Waals surface area contributed by atoms with Crippen LogP contribution < -0.4 is 0 Å². The maximum Gasteiger partial charge on any atom is 0.307 e. The average molecular weight is 286 g/mol. The number of carbonyl (C=O) groups is 1. The highest BCUT2D eigenvalue weighted by molar-refractivity contribution is 5.78. The molecule has 0 amide bonds. The first-order valence-electron chi connectivity index (χ1n) is 7.77. The molecular formula is C18H22O3. The van der Waals surface area contributed by atoms with E-state index >= 15 is 0 Å².